The van der Waals surface area contributed by atoms with Crippen LogP contribution in [-0.2, 0) is 0 Å². The standard InChI is InChI=1S/C10H13ClFN3O/c11-9-13-6-7(12)8(14-9)15-10(16)4-2-1-3-5-10/h6,16H,1-5H2,(H,13,14,15). The molecule has 1 aromatic rings. The molecular weight excluding hydrogens is 233 g/mol. The first-order valence-corrected chi connectivity index (χ1v) is 5.65. The molecule has 1 heterocycles. The van der Waals surface area contributed by atoms with Crippen molar-refractivity contribution >= 4 is 17.4 Å². The molecule has 0 radical (unpaired) electrons. The molecule has 1 aromatic heterocycles. The van der Waals surface area contributed by atoms with E-state index in [-0.39, 0.29) is 11.1 Å². The summed E-state index contributed by atoms with van der Waals surface area (Å²) < 4.78 is 13.3. The molecule has 0 bridgehead atoms. The van der Waals surface area contributed by atoms with Crippen LogP contribution in [0.3, 0.4) is 0 Å². The number of anilines is 1. The second-order valence-corrected chi connectivity index (χ2v) is 4.39. The van der Waals surface area contributed by atoms with Gasteiger partial charge in [0.2, 0.25) is 5.28 Å². The molecule has 6 heteroatoms. The summed E-state index contributed by atoms with van der Waals surface area (Å²) in [7, 11) is 0. The second kappa shape index (κ2) is 4.51. The fourth-order valence-corrected chi connectivity index (χ4v) is 2.05. The van der Waals surface area contributed by atoms with Gasteiger partial charge in [-0.2, -0.15) is 4.98 Å². The van der Waals surface area contributed by atoms with Crippen LogP contribution < -0.4 is 5.32 Å². The molecule has 0 aliphatic heterocycles. The van der Waals surface area contributed by atoms with E-state index in [0.717, 1.165) is 25.5 Å². The van der Waals surface area contributed by atoms with Gasteiger partial charge in [-0.05, 0) is 37.3 Å². The largest absolute Gasteiger partial charge is 0.371 e. The number of hydrogen-bond donors (Lipinski definition) is 2. The number of nitrogens with one attached hydrogen (secondary N) is 1. The van der Waals surface area contributed by atoms with Gasteiger partial charge in [-0.25, -0.2) is 9.37 Å². The lowest BCUT2D eigenvalue weighted by molar-refractivity contribution is 0.0309. The summed E-state index contributed by atoms with van der Waals surface area (Å²) in [6.45, 7) is 0. The van der Waals surface area contributed by atoms with Crippen LogP contribution in [0, 0.1) is 5.82 Å². The lowest BCUT2D eigenvalue weighted by Gasteiger charge is -2.33. The van der Waals surface area contributed by atoms with Crippen molar-refractivity contribution in [1.82, 2.24) is 9.97 Å². The van der Waals surface area contributed by atoms with E-state index in [0.29, 0.717) is 12.8 Å². The average molecular weight is 246 g/mol. The highest BCUT2D eigenvalue weighted by Gasteiger charge is 2.30. The van der Waals surface area contributed by atoms with Gasteiger partial charge >= 0.3 is 0 Å². The van der Waals surface area contributed by atoms with E-state index in [1.54, 1.807) is 0 Å². The SMILES string of the molecule is OC1(Nc2nc(Cl)ncc2F)CCCCC1. The Bertz CT molecular complexity index is 382. The Hall–Kier alpha value is -0.940. The van der Waals surface area contributed by atoms with Crippen LogP contribution in [0.2, 0.25) is 5.28 Å². The Labute approximate surface area is 97.9 Å². The van der Waals surface area contributed by atoms with Crippen LogP contribution in [0.15, 0.2) is 6.20 Å². The molecule has 1 saturated carbocycles. The summed E-state index contributed by atoms with van der Waals surface area (Å²) in [5.74, 6) is -0.646. The predicted molar refractivity (Wildman–Crippen MR) is 58.7 cm³/mol. The Morgan fingerprint density at radius 3 is 2.75 bits per heavy atom. The topological polar surface area (TPSA) is 58.0 Å². The normalized spacial score (nSPS) is 19.4. The molecule has 1 fully saturated rings. The highest BCUT2D eigenvalue weighted by molar-refractivity contribution is 6.28. The van der Waals surface area contributed by atoms with Crippen LogP contribution in [0.5, 0.6) is 0 Å². The zero-order chi connectivity index (χ0) is 11.6. The number of aliphatic hydroxyl groups is 1. The lowest BCUT2D eigenvalue weighted by Crippen LogP contribution is -2.40. The van der Waals surface area contributed by atoms with Gasteiger partial charge in [0.15, 0.2) is 11.6 Å². The van der Waals surface area contributed by atoms with E-state index in [9.17, 15) is 9.50 Å². The zero-order valence-corrected chi connectivity index (χ0v) is 9.47. The third-order valence-corrected chi connectivity index (χ3v) is 2.93. The molecule has 1 aliphatic carbocycles. The van der Waals surface area contributed by atoms with Crippen LogP contribution in [0.1, 0.15) is 32.1 Å². The summed E-state index contributed by atoms with van der Waals surface area (Å²) in [5.41, 5.74) is -1.07. The van der Waals surface area contributed by atoms with Gasteiger partial charge in [-0.15, -0.1) is 0 Å². The van der Waals surface area contributed by atoms with Crippen LogP contribution >= 0.6 is 11.6 Å². The van der Waals surface area contributed by atoms with E-state index >= 15 is 0 Å². The quantitative estimate of drug-likeness (QED) is 0.620. The summed E-state index contributed by atoms with van der Waals surface area (Å²) in [6.07, 6.45) is 5.11. The van der Waals surface area contributed by atoms with Crippen molar-refractivity contribution in [3.63, 3.8) is 0 Å². The highest BCUT2D eigenvalue weighted by atomic mass is 35.5. The van der Waals surface area contributed by atoms with Gasteiger partial charge in [0, 0.05) is 0 Å². The molecule has 16 heavy (non-hydrogen) atoms. The molecule has 0 amide bonds. The van der Waals surface area contributed by atoms with Crippen molar-refractivity contribution < 1.29 is 9.50 Å². The third-order valence-electron chi connectivity index (χ3n) is 2.75. The maximum Gasteiger partial charge on any atom is 0.224 e. The minimum atomic E-state index is -1.07. The number of hydrogen-bond acceptors (Lipinski definition) is 4. The van der Waals surface area contributed by atoms with Crippen molar-refractivity contribution in [1.29, 1.82) is 0 Å². The first kappa shape index (κ1) is 11.5. The van der Waals surface area contributed by atoms with E-state index in [2.05, 4.69) is 15.3 Å². The minimum absolute atomic E-state index is 0.0376. The summed E-state index contributed by atoms with van der Waals surface area (Å²) in [5, 5.41) is 12.8. The monoisotopic (exact) mass is 245 g/mol. The second-order valence-electron chi connectivity index (χ2n) is 4.05. The van der Waals surface area contributed by atoms with E-state index in [1.807, 2.05) is 0 Å². The molecule has 2 rings (SSSR count). The molecule has 0 saturated heterocycles. The van der Waals surface area contributed by atoms with Crippen molar-refractivity contribution in [2.75, 3.05) is 5.32 Å². The van der Waals surface area contributed by atoms with Crippen LogP contribution in [0.4, 0.5) is 10.2 Å². The predicted octanol–water partition coefficient (Wildman–Crippen LogP) is 2.33. The summed E-state index contributed by atoms with van der Waals surface area (Å²) >= 11 is 5.57. The number of halogens is 2. The maximum absolute atomic E-state index is 13.3. The summed E-state index contributed by atoms with van der Waals surface area (Å²) in [4.78, 5) is 7.23. The molecule has 88 valence electrons. The number of nitrogens with zero attached hydrogens (tertiary/aromatic N) is 2. The fourth-order valence-electron chi connectivity index (χ4n) is 1.92. The third kappa shape index (κ3) is 2.59. The van der Waals surface area contributed by atoms with Gasteiger partial charge in [0.25, 0.3) is 0 Å². The van der Waals surface area contributed by atoms with E-state index < -0.39 is 11.5 Å². The Balaban J connectivity index is 2.15. The van der Waals surface area contributed by atoms with Crippen LogP contribution in [-0.4, -0.2) is 20.8 Å². The Kier molecular flexibility index (Phi) is 3.25. The fraction of sp³-hybridized carbons (Fsp3) is 0.600. The zero-order valence-electron chi connectivity index (χ0n) is 8.71. The average Bonchev–Trinajstić information content (AvgIpc) is 2.24. The van der Waals surface area contributed by atoms with Crippen molar-refractivity contribution in [3.05, 3.63) is 17.3 Å². The Morgan fingerprint density at radius 2 is 2.06 bits per heavy atom. The lowest BCUT2D eigenvalue weighted by atomic mass is 9.92. The molecule has 4 nitrogen and oxygen atoms in total. The van der Waals surface area contributed by atoms with E-state index in [1.165, 1.54) is 0 Å². The number of aromatic nitrogens is 2. The highest BCUT2D eigenvalue weighted by Crippen LogP contribution is 2.29. The summed E-state index contributed by atoms with van der Waals surface area (Å²) in [6, 6.07) is 0. The van der Waals surface area contributed by atoms with Gasteiger partial charge in [0.1, 0.15) is 5.72 Å². The first-order valence-electron chi connectivity index (χ1n) is 5.28. The van der Waals surface area contributed by atoms with Crippen molar-refractivity contribution in [2.24, 2.45) is 0 Å². The first-order chi connectivity index (χ1) is 7.59. The van der Waals surface area contributed by atoms with Gasteiger partial charge < -0.3 is 10.4 Å². The van der Waals surface area contributed by atoms with Gasteiger partial charge in [0.05, 0.1) is 6.20 Å². The van der Waals surface area contributed by atoms with Crippen LogP contribution in [0.25, 0.3) is 0 Å². The molecule has 0 atom stereocenters. The van der Waals surface area contributed by atoms with Crippen molar-refractivity contribution in [3.8, 4) is 0 Å². The molecular formula is C10H13ClFN3O. The molecule has 1 aliphatic rings. The number of rotatable bonds is 2. The molecule has 2 N–H and O–H groups in total. The van der Waals surface area contributed by atoms with Crippen molar-refractivity contribution in [2.45, 2.75) is 37.8 Å². The smallest absolute Gasteiger partial charge is 0.224 e. The maximum atomic E-state index is 13.3. The molecule has 0 unspecified atom stereocenters. The minimum Gasteiger partial charge on any atom is -0.371 e. The van der Waals surface area contributed by atoms with Gasteiger partial charge in [-0.1, -0.05) is 6.42 Å². The van der Waals surface area contributed by atoms with Gasteiger partial charge in [-0.3, -0.25) is 0 Å². The van der Waals surface area contributed by atoms with E-state index in [4.69, 9.17) is 11.6 Å². The molecule has 0 spiro atoms. The Morgan fingerprint density at radius 1 is 1.38 bits per heavy atom. The molecule has 0 aromatic carbocycles.